The van der Waals surface area contributed by atoms with E-state index in [1.165, 1.54) is 0 Å². The Labute approximate surface area is 94.5 Å². The Morgan fingerprint density at radius 3 is 2.27 bits per heavy atom. The zero-order valence-electron chi connectivity index (χ0n) is 10.9. The van der Waals surface area contributed by atoms with Crippen molar-refractivity contribution in [3.8, 4) is 0 Å². The number of nitrogens with one attached hydrogen (secondary N) is 1. The molecule has 3 atom stereocenters. The Balaban J connectivity index is 3.81. The van der Waals surface area contributed by atoms with Crippen LogP contribution in [0.25, 0.3) is 0 Å². The number of likely N-dealkylation sites (N-methyl/N-ethyl adjacent to an activating group) is 1. The molecule has 0 saturated carbocycles. The van der Waals surface area contributed by atoms with Gasteiger partial charge >= 0.3 is 0 Å². The van der Waals surface area contributed by atoms with Crippen molar-refractivity contribution in [3.63, 3.8) is 0 Å². The van der Waals surface area contributed by atoms with E-state index in [4.69, 9.17) is 9.47 Å². The summed E-state index contributed by atoms with van der Waals surface area (Å²) in [6, 6.07) is 0.444. The third kappa shape index (κ3) is 6.88. The van der Waals surface area contributed by atoms with Crippen LogP contribution in [-0.2, 0) is 9.47 Å². The lowest BCUT2D eigenvalue weighted by atomic mass is 10.1. The van der Waals surface area contributed by atoms with E-state index in [0.29, 0.717) is 12.6 Å². The highest BCUT2D eigenvalue weighted by molar-refractivity contribution is 4.72. The lowest BCUT2D eigenvalue weighted by Crippen LogP contribution is -2.41. The van der Waals surface area contributed by atoms with Crippen molar-refractivity contribution in [2.24, 2.45) is 0 Å². The molecule has 0 aliphatic rings. The largest absolute Gasteiger partial charge is 0.379 e. The summed E-state index contributed by atoms with van der Waals surface area (Å²) in [7, 11) is 0. The van der Waals surface area contributed by atoms with E-state index < -0.39 is 0 Å². The summed E-state index contributed by atoms with van der Waals surface area (Å²) in [5.41, 5.74) is 0. The minimum absolute atomic E-state index is 0.174. The summed E-state index contributed by atoms with van der Waals surface area (Å²) in [4.78, 5) is 0. The molecule has 0 aliphatic carbocycles. The highest BCUT2D eigenvalue weighted by Crippen LogP contribution is 2.06. The van der Waals surface area contributed by atoms with E-state index in [9.17, 15) is 0 Å². The van der Waals surface area contributed by atoms with Gasteiger partial charge in [0.25, 0.3) is 0 Å². The second-order valence-corrected chi connectivity index (χ2v) is 3.88. The molecule has 0 spiro atoms. The van der Waals surface area contributed by atoms with Crippen LogP contribution < -0.4 is 5.32 Å². The fourth-order valence-electron chi connectivity index (χ4n) is 1.69. The van der Waals surface area contributed by atoms with Crippen LogP contribution in [0.3, 0.4) is 0 Å². The van der Waals surface area contributed by atoms with Crippen molar-refractivity contribution in [1.29, 1.82) is 0 Å². The van der Waals surface area contributed by atoms with E-state index in [0.717, 1.165) is 19.6 Å². The average molecular weight is 217 g/mol. The Morgan fingerprint density at radius 2 is 1.80 bits per heavy atom. The number of hydrogen-bond acceptors (Lipinski definition) is 3. The fourth-order valence-corrected chi connectivity index (χ4v) is 1.69. The zero-order valence-corrected chi connectivity index (χ0v) is 10.9. The summed E-state index contributed by atoms with van der Waals surface area (Å²) in [6.45, 7) is 12.9. The third-order valence-corrected chi connectivity index (χ3v) is 2.48. The summed E-state index contributed by atoms with van der Waals surface area (Å²) < 4.78 is 11.2. The molecule has 0 aromatic carbocycles. The van der Waals surface area contributed by atoms with Gasteiger partial charge in [0.2, 0.25) is 0 Å². The molecule has 92 valence electrons. The van der Waals surface area contributed by atoms with Crippen LogP contribution in [0.1, 0.15) is 41.0 Å². The summed E-state index contributed by atoms with van der Waals surface area (Å²) >= 11 is 0. The normalized spacial score (nSPS) is 17.4. The van der Waals surface area contributed by atoms with Gasteiger partial charge in [0.1, 0.15) is 0 Å². The van der Waals surface area contributed by atoms with Gasteiger partial charge in [0.05, 0.1) is 18.8 Å². The summed E-state index contributed by atoms with van der Waals surface area (Å²) in [5.74, 6) is 0. The van der Waals surface area contributed by atoms with E-state index in [-0.39, 0.29) is 12.2 Å². The number of hydrogen-bond donors (Lipinski definition) is 1. The van der Waals surface area contributed by atoms with E-state index in [2.05, 4.69) is 33.0 Å². The SMILES string of the molecule is CCNC(CC)C(C)OC(C)COCC. The second kappa shape index (κ2) is 9.13. The molecular weight excluding hydrogens is 190 g/mol. The monoisotopic (exact) mass is 217 g/mol. The van der Waals surface area contributed by atoms with Crippen molar-refractivity contribution < 1.29 is 9.47 Å². The highest BCUT2D eigenvalue weighted by atomic mass is 16.5. The molecular formula is C12H27NO2. The van der Waals surface area contributed by atoms with Crippen LogP contribution in [0.4, 0.5) is 0 Å². The lowest BCUT2D eigenvalue weighted by Gasteiger charge is -2.26. The van der Waals surface area contributed by atoms with Crippen molar-refractivity contribution in [2.45, 2.75) is 59.3 Å². The van der Waals surface area contributed by atoms with Crippen LogP contribution in [0.2, 0.25) is 0 Å². The van der Waals surface area contributed by atoms with Gasteiger partial charge in [0.15, 0.2) is 0 Å². The Bertz CT molecular complexity index is 142. The first-order valence-electron chi connectivity index (χ1n) is 6.12. The van der Waals surface area contributed by atoms with Crippen LogP contribution in [0.5, 0.6) is 0 Å². The molecule has 0 aliphatic heterocycles. The first-order valence-corrected chi connectivity index (χ1v) is 6.12. The minimum Gasteiger partial charge on any atom is -0.379 e. The van der Waals surface area contributed by atoms with Gasteiger partial charge in [-0.1, -0.05) is 13.8 Å². The first kappa shape index (κ1) is 14.9. The van der Waals surface area contributed by atoms with E-state index in [1.807, 2.05) is 6.92 Å². The maximum atomic E-state index is 5.87. The smallest absolute Gasteiger partial charge is 0.0784 e. The maximum Gasteiger partial charge on any atom is 0.0784 e. The van der Waals surface area contributed by atoms with Crippen molar-refractivity contribution in [2.75, 3.05) is 19.8 Å². The predicted octanol–water partition coefficient (Wildman–Crippen LogP) is 2.20. The molecule has 0 heterocycles. The minimum atomic E-state index is 0.174. The summed E-state index contributed by atoms with van der Waals surface area (Å²) in [6.07, 6.45) is 1.51. The molecule has 0 fully saturated rings. The molecule has 15 heavy (non-hydrogen) atoms. The first-order chi connectivity index (χ1) is 7.15. The molecule has 3 heteroatoms. The van der Waals surface area contributed by atoms with Crippen molar-refractivity contribution in [1.82, 2.24) is 5.32 Å². The molecule has 0 radical (unpaired) electrons. The second-order valence-electron chi connectivity index (χ2n) is 3.88. The Kier molecular flexibility index (Phi) is 9.06. The van der Waals surface area contributed by atoms with Gasteiger partial charge in [0, 0.05) is 12.6 Å². The fraction of sp³-hybridized carbons (Fsp3) is 1.00. The van der Waals surface area contributed by atoms with Gasteiger partial charge < -0.3 is 14.8 Å². The van der Waals surface area contributed by atoms with Crippen LogP contribution >= 0.6 is 0 Å². The predicted molar refractivity (Wildman–Crippen MR) is 64.3 cm³/mol. The molecule has 0 rings (SSSR count). The molecule has 0 aromatic rings. The third-order valence-electron chi connectivity index (χ3n) is 2.48. The van der Waals surface area contributed by atoms with Gasteiger partial charge in [-0.3, -0.25) is 0 Å². The molecule has 0 aromatic heterocycles. The topological polar surface area (TPSA) is 30.5 Å². The molecule has 1 N–H and O–H groups in total. The molecule has 0 bridgehead atoms. The van der Waals surface area contributed by atoms with E-state index in [1.54, 1.807) is 0 Å². The summed E-state index contributed by atoms with van der Waals surface area (Å²) in [5, 5.41) is 3.43. The molecule has 0 saturated heterocycles. The highest BCUT2D eigenvalue weighted by Gasteiger charge is 2.17. The van der Waals surface area contributed by atoms with Gasteiger partial charge in [-0.2, -0.15) is 0 Å². The standard InChI is InChI=1S/C12H27NO2/c1-6-12(13-7-2)11(5)15-10(4)9-14-8-3/h10-13H,6-9H2,1-5H3. The molecule has 0 amide bonds. The number of rotatable bonds is 9. The van der Waals surface area contributed by atoms with E-state index >= 15 is 0 Å². The van der Waals surface area contributed by atoms with Crippen LogP contribution in [-0.4, -0.2) is 38.0 Å². The van der Waals surface area contributed by atoms with Crippen molar-refractivity contribution >= 4 is 0 Å². The Morgan fingerprint density at radius 1 is 1.13 bits per heavy atom. The lowest BCUT2D eigenvalue weighted by molar-refractivity contribution is -0.0523. The average Bonchev–Trinajstić information content (AvgIpc) is 2.22. The maximum absolute atomic E-state index is 5.87. The quantitative estimate of drug-likeness (QED) is 0.642. The number of ether oxygens (including phenoxy) is 2. The van der Waals surface area contributed by atoms with Gasteiger partial charge in [-0.15, -0.1) is 0 Å². The zero-order chi connectivity index (χ0) is 11.7. The van der Waals surface area contributed by atoms with Gasteiger partial charge in [-0.05, 0) is 33.7 Å². The molecule has 3 nitrogen and oxygen atoms in total. The Hall–Kier alpha value is -0.120. The molecule has 3 unspecified atom stereocenters. The van der Waals surface area contributed by atoms with Crippen LogP contribution in [0, 0.1) is 0 Å². The van der Waals surface area contributed by atoms with Crippen LogP contribution in [0.15, 0.2) is 0 Å². The van der Waals surface area contributed by atoms with Crippen molar-refractivity contribution in [3.05, 3.63) is 0 Å². The van der Waals surface area contributed by atoms with Gasteiger partial charge in [-0.25, -0.2) is 0 Å².